The Hall–Kier alpha value is -0.555. The Balaban J connectivity index is 0.00000162. The van der Waals surface area contributed by atoms with Crippen LogP contribution in [0.15, 0.2) is 24.3 Å². The first-order valence-corrected chi connectivity index (χ1v) is 6.08. The first kappa shape index (κ1) is 15.5. The second kappa shape index (κ2) is 7.79. The lowest BCUT2D eigenvalue weighted by Crippen LogP contribution is -2.29. The Labute approximate surface area is 119 Å². The zero-order chi connectivity index (χ0) is 12.1. The van der Waals surface area contributed by atoms with Crippen LogP contribution in [-0.2, 0) is 6.54 Å². The fourth-order valence-corrected chi connectivity index (χ4v) is 2.17. The predicted molar refractivity (Wildman–Crippen MR) is 76.7 cm³/mol. The van der Waals surface area contributed by atoms with E-state index in [1.54, 1.807) is 12.1 Å². The van der Waals surface area contributed by atoms with Gasteiger partial charge >= 0.3 is 7.32 Å². The van der Waals surface area contributed by atoms with Crippen molar-refractivity contribution < 1.29 is 14.7 Å². The minimum atomic E-state index is -1.75. The Kier molecular flexibility index (Phi) is 6.71. The summed E-state index contributed by atoms with van der Waals surface area (Å²) in [7, 11) is -1.75. The number of hydrogen-bond acceptors (Lipinski definition) is 4. The highest BCUT2D eigenvalue weighted by atomic mass is 79.9. The molecule has 0 atom stereocenters. The van der Waals surface area contributed by atoms with E-state index in [1.807, 2.05) is 12.1 Å². The van der Waals surface area contributed by atoms with Crippen LogP contribution in [0.2, 0.25) is 0 Å². The average molecular weight is 316 g/mol. The molecular formula is C12H19BBrNO3. The van der Waals surface area contributed by atoms with E-state index in [9.17, 15) is 0 Å². The molecule has 0 saturated carbocycles. The van der Waals surface area contributed by atoms with Gasteiger partial charge in [-0.2, -0.15) is 0 Å². The van der Waals surface area contributed by atoms with E-state index in [2.05, 4.69) is 4.90 Å². The molecule has 1 saturated heterocycles. The molecule has 2 rings (SSSR count). The first-order valence-electron chi connectivity index (χ1n) is 6.08. The molecule has 0 amide bonds. The van der Waals surface area contributed by atoms with Crippen LogP contribution in [0.25, 0.3) is 0 Å². The molecule has 0 bridgehead atoms. The van der Waals surface area contributed by atoms with Crippen molar-refractivity contribution >= 4 is 24.3 Å². The van der Waals surface area contributed by atoms with Gasteiger partial charge in [-0.1, -0.05) is 18.6 Å². The van der Waals surface area contributed by atoms with E-state index in [0.717, 1.165) is 6.54 Å². The van der Waals surface area contributed by atoms with E-state index >= 15 is 0 Å². The van der Waals surface area contributed by atoms with Gasteiger partial charge in [-0.15, -0.1) is 17.0 Å². The highest BCUT2D eigenvalue weighted by Crippen LogP contribution is 2.16. The lowest BCUT2D eigenvalue weighted by atomic mass is 10.1. The van der Waals surface area contributed by atoms with Crippen molar-refractivity contribution in [2.45, 2.75) is 25.8 Å². The number of rotatable bonds is 4. The Morgan fingerprint density at radius 1 is 1.06 bits per heavy atom. The SMILES string of the molecule is Br.OB(O)Oc1ccc(CN2CCCCC2)cc1. The highest BCUT2D eigenvalue weighted by Gasteiger charge is 2.12. The maximum absolute atomic E-state index is 8.66. The number of likely N-dealkylation sites (tertiary alicyclic amines) is 1. The molecule has 1 aliphatic heterocycles. The Morgan fingerprint density at radius 2 is 1.67 bits per heavy atom. The Bertz CT molecular complexity index is 342. The summed E-state index contributed by atoms with van der Waals surface area (Å²) in [6, 6.07) is 7.45. The monoisotopic (exact) mass is 315 g/mol. The number of benzene rings is 1. The summed E-state index contributed by atoms with van der Waals surface area (Å²) in [5.74, 6) is 0.474. The van der Waals surface area contributed by atoms with Crippen LogP contribution in [-0.4, -0.2) is 35.4 Å². The van der Waals surface area contributed by atoms with Crippen molar-refractivity contribution in [2.24, 2.45) is 0 Å². The fraction of sp³-hybridized carbons (Fsp3) is 0.500. The van der Waals surface area contributed by atoms with Crippen LogP contribution in [0.4, 0.5) is 0 Å². The molecule has 1 fully saturated rings. The molecule has 1 aromatic rings. The number of piperidine rings is 1. The molecule has 6 heteroatoms. The van der Waals surface area contributed by atoms with Gasteiger partial charge in [-0.25, -0.2) is 0 Å². The van der Waals surface area contributed by atoms with Gasteiger partial charge in [0.05, 0.1) is 0 Å². The summed E-state index contributed by atoms with van der Waals surface area (Å²) < 4.78 is 4.76. The normalized spacial score (nSPS) is 15.9. The standard InChI is InChI=1S/C12H18BNO3.BrH/c15-13(16)17-12-6-4-11(5-7-12)10-14-8-2-1-3-9-14;/h4-7,15-16H,1-3,8-10H2;1H. The molecule has 0 aliphatic carbocycles. The molecule has 1 aromatic carbocycles. The van der Waals surface area contributed by atoms with Crippen LogP contribution < -0.4 is 4.65 Å². The quantitative estimate of drug-likeness (QED) is 0.829. The molecule has 100 valence electrons. The zero-order valence-corrected chi connectivity index (χ0v) is 12.0. The second-order valence-electron chi connectivity index (χ2n) is 4.42. The van der Waals surface area contributed by atoms with E-state index in [4.69, 9.17) is 14.7 Å². The van der Waals surface area contributed by atoms with Crippen LogP contribution in [0, 0.1) is 0 Å². The summed E-state index contributed by atoms with van der Waals surface area (Å²) in [5, 5.41) is 17.3. The molecule has 1 heterocycles. The van der Waals surface area contributed by atoms with Crippen molar-refractivity contribution in [3.63, 3.8) is 0 Å². The van der Waals surface area contributed by atoms with E-state index in [1.165, 1.54) is 37.9 Å². The summed E-state index contributed by atoms with van der Waals surface area (Å²) >= 11 is 0. The van der Waals surface area contributed by atoms with Crippen LogP contribution >= 0.6 is 17.0 Å². The number of nitrogens with zero attached hydrogens (tertiary/aromatic N) is 1. The topological polar surface area (TPSA) is 52.9 Å². The van der Waals surface area contributed by atoms with Gasteiger partial charge in [-0.3, -0.25) is 4.90 Å². The third-order valence-electron chi connectivity index (χ3n) is 3.02. The van der Waals surface area contributed by atoms with E-state index in [0.29, 0.717) is 5.75 Å². The minimum Gasteiger partial charge on any atom is -0.512 e. The van der Waals surface area contributed by atoms with Gasteiger partial charge in [0, 0.05) is 6.54 Å². The number of halogens is 1. The minimum absolute atomic E-state index is 0. The summed E-state index contributed by atoms with van der Waals surface area (Å²) in [5.41, 5.74) is 1.23. The van der Waals surface area contributed by atoms with Crippen molar-refractivity contribution in [3.8, 4) is 5.75 Å². The van der Waals surface area contributed by atoms with Crippen molar-refractivity contribution in [3.05, 3.63) is 29.8 Å². The molecule has 0 spiro atoms. The lowest BCUT2D eigenvalue weighted by molar-refractivity contribution is 0.221. The molecule has 4 nitrogen and oxygen atoms in total. The van der Waals surface area contributed by atoms with E-state index < -0.39 is 7.32 Å². The van der Waals surface area contributed by atoms with Gasteiger partial charge < -0.3 is 14.7 Å². The average Bonchev–Trinajstić information content (AvgIpc) is 2.32. The van der Waals surface area contributed by atoms with Crippen LogP contribution in [0.1, 0.15) is 24.8 Å². The van der Waals surface area contributed by atoms with Crippen molar-refractivity contribution in [2.75, 3.05) is 13.1 Å². The molecule has 18 heavy (non-hydrogen) atoms. The zero-order valence-electron chi connectivity index (χ0n) is 10.3. The van der Waals surface area contributed by atoms with Crippen LogP contribution in [0.3, 0.4) is 0 Å². The van der Waals surface area contributed by atoms with Crippen molar-refractivity contribution in [1.82, 2.24) is 4.90 Å². The van der Waals surface area contributed by atoms with E-state index in [-0.39, 0.29) is 17.0 Å². The second-order valence-corrected chi connectivity index (χ2v) is 4.42. The first-order chi connectivity index (χ1) is 8.24. The molecule has 0 unspecified atom stereocenters. The summed E-state index contributed by atoms with van der Waals surface area (Å²) in [6.45, 7) is 3.31. The third kappa shape index (κ3) is 4.98. The smallest absolute Gasteiger partial charge is 0.512 e. The third-order valence-corrected chi connectivity index (χ3v) is 3.02. The molecule has 1 aliphatic rings. The summed E-state index contributed by atoms with van der Waals surface area (Å²) in [6.07, 6.45) is 3.92. The summed E-state index contributed by atoms with van der Waals surface area (Å²) in [4.78, 5) is 2.44. The van der Waals surface area contributed by atoms with Gasteiger partial charge in [0.2, 0.25) is 0 Å². The predicted octanol–water partition coefficient (Wildman–Crippen LogP) is 1.60. The fourth-order valence-electron chi connectivity index (χ4n) is 2.17. The Morgan fingerprint density at radius 3 is 2.22 bits per heavy atom. The van der Waals surface area contributed by atoms with Gasteiger partial charge in [-0.05, 0) is 43.6 Å². The maximum Gasteiger partial charge on any atom is 0.707 e. The molecule has 0 aromatic heterocycles. The van der Waals surface area contributed by atoms with Gasteiger partial charge in [0.25, 0.3) is 0 Å². The van der Waals surface area contributed by atoms with Gasteiger partial charge in [0.15, 0.2) is 0 Å². The van der Waals surface area contributed by atoms with Gasteiger partial charge in [0.1, 0.15) is 5.75 Å². The maximum atomic E-state index is 8.66. The lowest BCUT2D eigenvalue weighted by Gasteiger charge is -2.26. The molecule has 2 N–H and O–H groups in total. The molecular weight excluding hydrogens is 297 g/mol. The highest BCUT2D eigenvalue weighted by molar-refractivity contribution is 8.93. The number of hydrogen-bond donors (Lipinski definition) is 2. The largest absolute Gasteiger partial charge is 0.707 e. The van der Waals surface area contributed by atoms with Crippen molar-refractivity contribution in [1.29, 1.82) is 0 Å². The molecule has 0 radical (unpaired) electrons. The van der Waals surface area contributed by atoms with Crippen LogP contribution in [0.5, 0.6) is 5.75 Å².